The van der Waals surface area contributed by atoms with Crippen LogP contribution in [-0.4, -0.2) is 24.2 Å². The molecule has 5 heteroatoms. The van der Waals surface area contributed by atoms with Crippen LogP contribution in [0.25, 0.3) is 0 Å². The SMILES string of the molecule is CC(CCO)CNC(=O)c1ccccc1NCc1ccco1. The molecule has 118 valence electrons. The normalized spacial score (nSPS) is 11.9. The fraction of sp³-hybridized carbons (Fsp3) is 0.353. The topological polar surface area (TPSA) is 74.5 Å². The van der Waals surface area contributed by atoms with E-state index < -0.39 is 0 Å². The number of hydrogen-bond acceptors (Lipinski definition) is 4. The molecule has 1 aromatic heterocycles. The molecule has 1 heterocycles. The van der Waals surface area contributed by atoms with Crippen LogP contribution >= 0.6 is 0 Å². The number of carbonyl (C=O) groups is 1. The first-order chi connectivity index (χ1) is 10.7. The fourth-order valence-corrected chi connectivity index (χ4v) is 2.12. The summed E-state index contributed by atoms with van der Waals surface area (Å²) in [5.74, 6) is 0.941. The van der Waals surface area contributed by atoms with Crippen molar-refractivity contribution in [3.63, 3.8) is 0 Å². The standard InChI is InChI=1S/C17H22N2O3/c1-13(8-9-20)11-19-17(21)15-6-2-3-7-16(15)18-12-14-5-4-10-22-14/h2-7,10,13,18,20H,8-9,11-12H2,1H3,(H,19,21). The summed E-state index contributed by atoms with van der Waals surface area (Å²) >= 11 is 0. The van der Waals surface area contributed by atoms with Crippen LogP contribution in [0.1, 0.15) is 29.5 Å². The van der Waals surface area contributed by atoms with Gasteiger partial charge >= 0.3 is 0 Å². The minimum Gasteiger partial charge on any atom is -0.467 e. The van der Waals surface area contributed by atoms with Crippen molar-refractivity contribution in [1.29, 1.82) is 0 Å². The third-order valence-electron chi connectivity index (χ3n) is 3.44. The summed E-state index contributed by atoms with van der Waals surface area (Å²) in [6.45, 7) is 3.21. The predicted molar refractivity (Wildman–Crippen MR) is 85.7 cm³/mol. The molecule has 0 bridgehead atoms. The number of amides is 1. The number of nitrogens with one attached hydrogen (secondary N) is 2. The highest BCUT2D eigenvalue weighted by atomic mass is 16.3. The second-order valence-electron chi connectivity index (χ2n) is 5.31. The second-order valence-corrected chi connectivity index (χ2v) is 5.31. The smallest absolute Gasteiger partial charge is 0.253 e. The van der Waals surface area contributed by atoms with Gasteiger partial charge in [0, 0.05) is 18.8 Å². The molecule has 1 atom stereocenters. The van der Waals surface area contributed by atoms with E-state index >= 15 is 0 Å². The van der Waals surface area contributed by atoms with Gasteiger partial charge in [0.05, 0.1) is 18.4 Å². The van der Waals surface area contributed by atoms with Gasteiger partial charge in [-0.15, -0.1) is 0 Å². The molecule has 0 aliphatic heterocycles. The number of benzene rings is 1. The number of anilines is 1. The molecule has 3 N–H and O–H groups in total. The highest BCUT2D eigenvalue weighted by molar-refractivity contribution is 5.99. The van der Waals surface area contributed by atoms with Crippen molar-refractivity contribution in [3.8, 4) is 0 Å². The van der Waals surface area contributed by atoms with E-state index in [-0.39, 0.29) is 18.4 Å². The number of hydrogen-bond donors (Lipinski definition) is 3. The molecule has 0 saturated heterocycles. The Morgan fingerprint density at radius 1 is 1.27 bits per heavy atom. The lowest BCUT2D eigenvalue weighted by Gasteiger charge is -2.14. The Labute approximate surface area is 130 Å². The van der Waals surface area contributed by atoms with Gasteiger partial charge in [0.2, 0.25) is 0 Å². The van der Waals surface area contributed by atoms with Gasteiger partial charge in [0.25, 0.3) is 5.91 Å². The fourth-order valence-electron chi connectivity index (χ4n) is 2.12. The van der Waals surface area contributed by atoms with Gasteiger partial charge in [0.15, 0.2) is 0 Å². The molecular formula is C17H22N2O3. The summed E-state index contributed by atoms with van der Waals surface area (Å²) < 4.78 is 5.27. The van der Waals surface area contributed by atoms with Crippen molar-refractivity contribution in [2.45, 2.75) is 19.9 Å². The number of rotatable bonds is 8. The Bertz CT molecular complexity index is 581. The molecule has 0 saturated carbocycles. The van der Waals surface area contributed by atoms with Gasteiger partial charge in [-0.25, -0.2) is 0 Å². The van der Waals surface area contributed by atoms with Gasteiger partial charge in [-0.1, -0.05) is 19.1 Å². The summed E-state index contributed by atoms with van der Waals surface area (Å²) in [5.41, 5.74) is 1.37. The number of aliphatic hydroxyl groups is 1. The second kappa shape index (κ2) is 8.24. The lowest BCUT2D eigenvalue weighted by Crippen LogP contribution is -2.29. The Balaban J connectivity index is 1.96. The van der Waals surface area contributed by atoms with Crippen molar-refractivity contribution in [2.75, 3.05) is 18.5 Å². The first kappa shape index (κ1) is 16.1. The predicted octanol–water partition coefficient (Wildman–Crippen LogP) is 2.64. The molecule has 0 spiro atoms. The van der Waals surface area contributed by atoms with E-state index in [9.17, 15) is 4.79 Å². The quantitative estimate of drug-likeness (QED) is 0.701. The molecule has 22 heavy (non-hydrogen) atoms. The summed E-state index contributed by atoms with van der Waals surface area (Å²) in [4.78, 5) is 12.3. The van der Waals surface area contributed by atoms with Gasteiger partial charge < -0.3 is 20.2 Å². The Morgan fingerprint density at radius 3 is 2.82 bits per heavy atom. The first-order valence-corrected chi connectivity index (χ1v) is 7.45. The molecule has 0 aliphatic rings. The highest BCUT2D eigenvalue weighted by Gasteiger charge is 2.12. The van der Waals surface area contributed by atoms with Gasteiger partial charge in [-0.05, 0) is 36.6 Å². The molecular weight excluding hydrogens is 280 g/mol. The lowest BCUT2D eigenvalue weighted by molar-refractivity contribution is 0.0946. The summed E-state index contributed by atoms with van der Waals surface area (Å²) in [5, 5.41) is 15.0. The average molecular weight is 302 g/mol. The van der Waals surface area contributed by atoms with Crippen LogP contribution in [0.15, 0.2) is 47.1 Å². The maximum atomic E-state index is 12.3. The number of carbonyl (C=O) groups excluding carboxylic acids is 1. The number of furan rings is 1. The third-order valence-corrected chi connectivity index (χ3v) is 3.44. The van der Waals surface area contributed by atoms with Crippen molar-refractivity contribution in [1.82, 2.24) is 5.32 Å². The van der Waals surface area contributed by atoms with E-state index in [1.54, 1.807) is 12.3 Å². The maximum Gasteiger partial charge on any atom is 0.253 e. The van der Waals surface area contributed by atoms with E-state index in [1.807, 2.05) is 37.3 Å². The van der Waals surface area contributed by atoms with Crippen LogP contribution in [0.3, 0.4) is 0 Å². The number of aliphatic hydroxyl groups excluding tert-OH is 1. The van der Waals surface area contributed by atoms with E-state index in [0.29, 0.717) is 25.1 Å². The van der Waals surface area contributed by atoms with Gasteiger partial charge in [-0.3, -0.25) is 4.79 Å². The number of para-hydroxylation sites is 1. The molecule has 1 amide bonds. The molecule has 0 aliphatic carbocycles. The first-order valence-electron chi connectivity index (χ1n) is 7.45. The average Bonchev–Trinajstić information content (AvgIpc) is 3.04. The van der Waals surface area contributed by atoms with Crippen LogP contribution < -0.4 is 10.6 Å². The minimum absolute atomic E-state index is 0.118. The molecule has 5 nitrogen and oxygen atoms in total. The Morgan fingerprint density at radius 2 is 2.09 bits per heavy atom. The van der Waals surface area contributed by atoms with Crippen molar-refractivity contribution in [3.05, 3.63) is 54.0 Å². The van der Waals surface area contributed by atoms with Crippen LogP contribution in [0.5, 0.6) is 0 Å². The molecule has 0 radical (unpaired) electrons. The van der Waals surface area contributed by atoms with Crippen LogP contribution in [0.4, 0.5) is 5.69 Å². The van der Waals surface area contributed by atoms with Crippen molar-refractivity contribution < 1.29 is 14.3 Å². The Kier molecular flexibility index (Phi) is 6.03. The highest BCUT2D eigenvalue weighted by Crippen LogP contribution is 2.16. The largest absolute Gasteiger partial charge is 0.467 e. The minimum atomic E-state index is -0.118. The van der Waals surface area contributed by atoms with E-state index in [0.717, 1.165) is 11.4 Å². The van der Waals surface area contributed by atoms with Gasteiger partial charge in [0.1, 0.15) is 5.76 Å². The maximum absolute atomic E-state index is 12.3. The zero-order valence-electron chi connectivity index (χ0n) is 12.7. The Hall–Kier alpha value is -2.27. The molecule has 0 fully saturated rings. The summed E-state index contributed by atoms with van der Waals surface area (Å²) in [6.07, 6.45) is 2.30. The molecule has 2 rings (SSSR count). The van der Waals surface area contributed by atoms with E-state index in [4.69, 9.17) is 9.52 Å². The summed E-state index contributed by atoms with van der Waals surface area (Å²) in [7, 11) is 0. The van der Waals surface area contributed by atoms with Crippen LogP contribution in [0.2, 0.25) is 0 Å². The van der Waals surface area contributed by atoms with Crippen LogP contribution in [0, 0.1) is 5.92 Å². The lowest BCUT2D eigenvalue weighted by atomic mass is 10.1. The van der Waals surface area contributed by atoms with E-state index in [1.165, 1.54) is 0 Å². The summed E-state index contributed by atoms with van der Waals surface area (Å²) in [6, 6.07) is 11.1. The monoisotopic (exact) mass is 302 g/mol. The van der Waals surface area contributed by atoms with Crippen molar-refractivity contribution >= 4 is 11.6 Å². The molecule has 1 aromatic carbocycles. The van der Waals surface area contributed by atoms with E-state index in [2.05, 4.69) is 10.6 Å². The zero-order chi connectivity index (χ0) is 15.8. The molecule has 2 aromatic rings. The van der Waals surface area contributed by atoms with Crippen molar-refractivity contribution in [2.24, 2.45) is 5.92 Å². The van der Waals surface area contributed by atoms with Crippen LogP contribution in [-0.2, 0) is 6.54 Å². The van der Waals surface area contributed by atoms with Gasteiger partial charge in [-0.2, -0.15) is 0 Å². The zero-order valence-corrected chi connectivity index (χ0v) is 12.7. The third kappa shape index (κ3) is 4.63. The molecule has 1 unspecified atom stereocenters.